The first-order valence-corrected chi connectivity index (χ1v) is 10.9. The van der Waals surface area contributed by atoms with E-state index in [-0.39, 0.29) is 23.4 Å². The van der Waals surface area contributed by atoms with Crippen LogP contribution in [0.1, 0.15) is 57.1 Å². The Morgan fingerprint density at radius 3 is 2.28 bits per heavy atom. The Hall–Kier alpha value is -2.19. The molecule has 0 N–H and O–H groups in total. The van der Waals surface area contributed by atoms with Gasteiger partial charge in [-0.3, -0.25) is 9.59 Å². The smallest absolute Gasteiger partial charge is 0.151 e. The molecule has 0 bridgehead atoms. The molecule has 2 aliphatic rings. The number of fused-ring (bicyclic) bond motifs is 1. The van der Waals surface area contributed by atoms with Gasteiger partial charge in [0.1, 0.15) is 5.92 Å². The van der Waals surface area contributed by atoms with E-state index in [0.717, 1.165) is 47.9 Å². The van der Waals surface area contributed by atoms with Gasteiger partial charge in [-0.2, -0.15) is 0 Å². The SMILES string of the molecule is CCc1ccc(-c2ccc(Cl)cc2)cc1C1C(=O)C2CCC(=C(C)C)CC2C1=O. The lowest BCUT2D eigenvalue weighted by molar-refractivity contribution is -0.125. The van der Waals surface area contributed by atoms with Gasteiger partial charge in [-0.15, -0.1) is 0 Å². The minimum atomic E-state index is -0.608. The first-order chi connectivity index (χ1) is 13.9. The molecule has 3 heteroatoms. The number of carbonyl (C=O) groups is 2. The van der Waals surface area contributed by atoms with Gasteiger partial charge in [0.25, 0.3) is 0 Å². The maximum atomic E-state index is 13.4. The fraction of sp³-hybridized carbons (Fsp3) is 0.385. The summed E-state index contributed by atoms with van der Waals surface area (Å²) in [5.74, 6) is -0.601. The van der Waals surface area contributed by atoms with Gasteiger partial charge in [-0.05, 0) is 80.0 Å². The van der Waals surface area contributed by atoms with E-state index in [2.05, 4.69) is 39.0 Å². The van der Waals surface area contributed by atoms with E-state index < -0.39 is 5.92 Å². The van der Waals surface area contributed by atoms with Crippen LogP contribution in [0.25, 0.3) is 11.1 Å². The summed E-state index contributed by atoms with van der Waals surface area (Å²) < 4.78 is 0. The topological polar surface area (TPSA) is 34.1 Å². The highest BCUT2D eigenvalue weighted by molar-refractivity contribution is 6.30. The van der Waals surface area contributed by atoms with Crippen molar-refractivity contribution in [2.45, 2.75) is 52.4 Å². The van der Waals surface area contributed by atoms with Crippen LogP contribution >= 0.6 is 11.6 Å². The molecule has 29 heavy (non-hydrogen) atoms. The van der Waals surface area contributed by atoms with Crippen LogP contribution in [0.5, 0.6) is 0 Å². The maximum absolute atomic E-state index is 13.4. The number of Topliss-reactive ketones (excluding diaryl/α,β-unsaturated/α-hetero) is 2. The lowest BCUT2D eigenvalue weighted by Gasteiger charge is -2.25. The number of allylic oxidation sites excluding steroid dienone is 2. The predicted octanol–water partition coefficient (Wildman–Crippen LogP) is 6.56. The molecule has 0 aromatic heterocycles. The molecule has 3 atom stereocenters. The van der Waals surface area contributed by atoms with Crippen LogP contribution in [0.4, 0.5) is 0 Å². The first kappa shape index (κ1) is 20.1. The summed E-state index contributed by atoms with van der Waals surface area (Å²) in [5.41, 5.74) is 6.72. The minimum absolute atomic E-state index is 0.112. The lowest BCUT2D eigenvalue weighted by atomic mass is 9.77. The second kappa shape index (κ2) is 7.91. The third-order valence-corrected chi connectivity index (χ3v) is 6.98. The van der Waals surface area contributed by atoms with Crippen molar-refractivity contribution < 1.29 is 9.59 Å². The number of benzene rings is 2. The highest BCUT2D eigenvalue weighted by Crippen LogP contribution is 2.47. The monoisotopic (exact) mass is 406 g/mol. The lowest BCUT2D eigenvalue weighted by Crippen LogP contribution is -2.23. The van der Waals surface area contributed by atoms with Gasteiger partial charge in [-0.25, -0.2) is 0 Å². The van der Waals surface area contributed by atoms with Crippen molar-refractivity contribution >= 4 is 23.2 Å². The van der Waals surface area contributed by atoms with E-state index in [4.69, 9.17) is 11.6 Å². The van der Waals surface area contributed by atoms with E-state index in [1.165, 1.54) is 11.1 Å². The molecule has 0 radical (unpaired) electrons. The van der Waals surface area contributed by atoms with Gasteiger partial charge in [-0.1, -0.05) is 53.9 Å². The molecule has 150 valence electrons. The van der Waals surface area contributed by atoms with Crippen molar-refractivity contribution in [3.8, 4) is 11.1 Å². The van der Waals surface area contributed by atoms with Crippen molar-refractivity contribution in [3.63, 3.8) is 0 Å². The Morgan fingerprint density at radius 1 is 0.966 bits per heavy atom. The second-order valence-corrected chi connectivity index (χ2v) is 9.01. The molecule has 2 aromatic rings. The molecule has 4 rings (SSSR count). The summed E-state index contributed by atoms with van der Waals surface area (Å²) in [4.78, 5) is 26.8. The summed E-state index contributed by atoms with van der Waals surface area (Å²) in [6.45, 7) is 6.30. The number of halogens is 1. The van der Waals surface area contributed by atoms with Crippen molar-refractivity contribution in [2.24, 2.45) is 11.8 Å². The minimum Gasteiger partial charge on any atom is -0.298 e. The van der Waals surface area contributed by atoms with Gasteiger partial charge in [0.2, 0.25) is 0 Å². The zero-order chi connectivity index (χ0) is 20.7. The van der Waals surface area contributed by atoms with Crippen LogP contribution in [-0.4, -0.2) is 11.6 Å². The van der Waals surface area contributed by atoms with E-state index in [0.29, 0.717) is 5.02 Å². The number of hydrogen-bond donors (Lipinski definition) is 0. The third-order valence-electron chi connectivity index (χ3n) is 6.73. The van der Waals surface area contributed by atoms with Crippen molar-refractivity contribution in [1.29, 1.82) is 0 Å². The van der Waals surface area contributed by atoms with Gasteiger partial charge < -0.3 is 0 Å². The predicted molar refractivity (Wildman–Crippen MR) is 118 cm³/mol. The van der Waals surface area contributed by atoms with Crippen LogP contribution in [-0.2, 0) is 16.0 Å². The number of aryl methyl sites for hydroxylation is 1. The van der Waals surface area contributed by atoms with Gasteiger partial charge in [0, 0.05) is 16.9 Å². The third kappa shape index (κ3) is 3.59. The van der Waals surface area contributed by atoms with Gasteiger partial charge in [0.05, 0.1) is 0 Å². The molecule has 2 aliphatic carbocycles. The van der Waals surface area contributed by atoms with E-state index in [9.17, 15) is 9.59 Å². The second-order valence-electron chi connectivity index (χ2n) is 8.57. The maximum Gasteiger partial charge on any atom is 0.151 e. The van der Waals surface area contributed by atoms with E-state index in [1.54, 1.807) is 0 Å². The number of rotatable bonds is 3. The normalized spacial score (nSPS) is 24.0. The average molecular weight is 407 g/mol. The summed E-state index contributed by atoms with van der Waals surface area (Å²) in [6, 6.07) is 13.9. The molecule has 3 unspecified atom stereocenters. The highest BCUT2D eigenvalue weighted by atomic mass is 35.5. The molecule has 0 saturated heterocycles. The van der Waals surface area contributed by atoms with Crippen molar-refractivity contribution in [2.75, 3.05) is 0 Å². The number of hydrogen-bond acceptors (Lipinski definition) is 2. The van der Waals surface area contributed by atoms with Crippen LogP contribution in [0, 0.1) is 11.8 Å². The molecule has 2 aromatic carbocycles. The summed E-state index contributed by atoms with van der Waals surface area (Å²) in [5, 5.41) is 0.694. The van der Waals surface area contributed by atoms with E-state index >= 15 is 0 Å². The fourth-order valence-corrected chi connectivity index (χ4v) is 5.14. The Bertz CT molecular complexity index is 996. The quantitative estimate of drug-likeness (QED) is 0.427. The molecular formula is C26H27ClO2. The number of ketones is 2. The Balaban J connectivity index is 1.74. The van der Waals surface area contributed by atoms with Crippen LogP contribution in [0.3, 0.4) is 0 Å². The molecule has 0 aliphatic heterocycles. The Labute approximate surface area is 178 Å². The molecule has 2 nitrogen and oxygen atoms in total. The summed E-state index contributed by atoms with van der Waals surface area (Å²) in [7, 11) is 0. The van der Waals surface area contributed by atoms with Gasteiger partial charge in [0.15, 0.2) is 11.6 Å². The molecule has 2 saturated carbocycles. The molecule has 0 amide bonds. The van der Waals surface area contributed by atoms with Crippen LogP contribution < -0.4 is 0 Å². The fourth-order valence-electron chi connectivity index (χ4n) is 5.02. The van der Waals surface area contributed by atoms with Crippen LogP contribution in [0.2, 0.25) is 5.02 Å². The van der Waals surface area contributed by atoms with Crippen molar-refractivity contribution in [3.05, 3.63) is 69.8 Å². The first-order valence-electron chi connectivity index (χ1n) is 10.5. The Kier molecular flexibility index (Phi) is 5.48. The van der Waals surface area contributed by atoms with Crippen molar-refractivity contribution in [1.82, 2.24) is 0 Å². The Morgan fingerprint density at radius 2 is 1.62 bits per heavy atom. The van der Waals surface area contributed by atoms with Gasteiger partial charge >= 0.3 is 0 Å². The molecule has 0 heterocycles. The zero-order valence-corrected chi connectivity index (χ0v) is 18.1. The van der Waals surface area contributed by atoms with E-state index in [1.807, 2.05) is 24.3 Å². The number of carbonyl (C=O) groups excluding carboxylic acids is 2. The average Bonchev–Trinajstić information content (AvgIpc) is 2.98. The molecule has 2 fully saturated rings. The summed E-state index contributed by atoms with van der Waals surface area (Å²) >= 11 is 6.03. The standard InChI is InChI=1S/C26H27ClO2/c1-4-16-5-6-19(17-7-10-20(27)11-8-17)14-22(16)24-25(28)21-12-9-18(15(2)3)13-23(21)26(24)29/h5-8,10-11,14,21,23-24H,4,9,12-13H2,1-3H3. The summed E-state index contributed by atoms with van der Waals surface area (Å²) in [6.07, 6.45) is 3.32. The largest absolute Gasteiger partial charge is 0.298 e. The molecular weight excluding hydrogens is 380 g/mol. The molecule has 0 spiro atoms. The zero-order valence-electron chi connectivity index (χ0n) is 17.3. The van der Waals surface area contributed by atoms with Crippen LogP contribution in [0.15, 0.2) is 53.6 Å². The highest BCUT2D eigenvalue weighted by Gasteiger charge is 2.51.